The van der Waals surface area contributed by atoms with Crippen LogP contribution in [0.25, 0.3) is 21.8 Å². The van der Waals surface area contributed by atoms with Crippen LogP contribution in [0.3, 0.4) is 0 Å². The molecule has 0 amide bonds. The van der Waals surface area contributed by atoms with Gasteiger partial charge in [0.05, 0.1) is 0 Å². The number of nitrogens with zero attached hydrogens (tertiary/aromatic N) is 1. The summed E-state index contributed by atoms with van der Waals surface area (Å²) >= 11 is 0. The van der Waals surface area contributed by atoms with Gasteiger partial charge in [0.2, 0.25) is 0 Å². The monoisotopic (exact) mass is 619 g/mol. The fourth-order valence-electron chi connectivity index (χ4n) is 4.80. The molecule has 1 aromatic heterocycles. The highest BCUT2D eigenvalue weighted by Gasteiger charge is 2.23. The summed E-state index contributed by atoms with van der Waals surface area (Å²) in [7, 11) is 0. The molecular weight excluding hydrogens is 582 g/mol. The number of hydrogen-bond acceptors (Lipinski definition) is 10. The van der Waals surface area contributed by atoms with Crippen LogP contribution in [0.1, 0.15) is 60.2 Å². The van der Waals surface area contributed by atoms with Crippen molar-refractivity contribution in [3.63, 3.8) is 0 Å². The second-order valence-corrected chi connectivity index (χ2v) is 10.2. The van der Waals surface area contributed by atoms with Gasteiger partial charge in [-0.25, -0.2) is 19.2 Å². The van der Waals surface area contributed by atoms with E-state index in [1.165, 1.54) is 12.1 Å². The predicted octanol–water partition coefficient (Wildman–Crippen LogP) is 4.92. The lowest BCUT2D eigenvalue weighted by molar-refractivity contribution is -0.146. The fraction of sp³-hybridized carbons (Fsp3) is 0.353. The van der Waals surface area contributed by atoms with Crippen LogP contribution < -0.4 is 0 Å². The Hall–Kier alpha value is -5.06. The van der Waals surface area contributed by atoms with Crippen molar-refractivity contribution in [3.8, 4) is 0 Å². The van der Waals surface area contributed by atoms with Gasteiger partial charge in [0.1, 0.15) is 26.4 Å². The van der Waals surface area contributed by atoms with Gasteiger partial charge in [0, 0.05) is 51.6 Å². The van der Waals surface area contributed by atoms with E-state index in [0.29, 0.717) is 23.2 Å². The third-order valence-electron chi connectivity index (χ3n) is 7.20. The summed E-state index contributed by atoms with van der Waals surface area (Å²) in [4.78, 5) is 73.2. The molecule has 11 nitrogen and oxygen atoms in total. The summed E-state index contributed by atoms with van der Waals surface area (Å²) in [6, 6.07) is 9.68. The molecule has 0 radical (unpaired) electrons. The van der Waals surface area contributed by atoms with Gasteiger partial charge < -0.3 is 23.5 Å². The second kappa shape index (κ2) is 16.7. The molecule has 1 unspecified atom stereocenters. The fourth-order valence-corrected chi connectivity index (χ4v) is 4.80. The zero-order chi connectivity index (χ0) is 32.9. The van der Waals surface area contributed by atoms with E-state index >= 15 is 0 Å². The van der Waals surface area contributed by atoms with Crippen LogP contribution in [0, 0.1) is 5.92 Å². The first kappa shape index (κ1) is 34.4. The highest BCUT2D eigenvalue weighted by molar-refractivity contribution is 6.42. The quantitative estimate of drug-likeness (QED) is 0.0480. The van der Waals surface area contributed by atoms with Crippen molar-refractivity contribution in [1.29, 1.82) is 0 Å². The molecule has 0 N–H and O–H groups in total. The molecule has 11 heteroatoms. The number of ether oxygens (including phenoxy) is 4. The molecule has 0 spiro atoms. The van der Waals surface area contributed by atoms with E-state index < -0.39 is 35.4 Å². The number of unbranched alkanes of at least 4 members (excludes halogenated alkanes) is 1. The van der Waals surface area contributed by atoms with E-state index in [-0.39, 0.29) is 37.6 Å². The molecule has 0 saturated heterocycles. The summed E-state index contributed by atoms with van der Waals surface area (Å²) in [6.07, 6.45) is 6.07. The van der Waals surface area contributed by atoms with Gasteiger partial charge in [-0.05, 0) is 48.7 Å². The van der Waals surface area contributed by atoms with Gasteiger partial charge in [-0.15, -0.1) is 0 Å². The second-order valence-electron chi connectivity index (χ2n) is 10.2. The van der Waals surface area contributed by atoms with E-state index in [9.17, 15) is 28.8 Å². The molecule has 1 heterocycles. The highest BCUT2D eigenvalue weighted by atomic mass is 16.6. The van der Waals surface area contributed by atoms with Crippen molar-refractivity contribution < 1.29 is 47.7 Å². The summed E-state index contributed by atoms with van der Waals surface area (Å²) < 4.78 is 21.6. The van der Waals surface area contributed by atoms with Crippen LogP contribution in [0.2, 0.25) is 0 Å². The number of Topliss-reactive ketones (excluding diaryl/α,β-unsaturated/α-hetero) is 2. The molecule has 0 aliphatic carbocycles. The van der Waals surface area contributed by atoms with Crippen molar-refractivity contribution in [2.24, 2.45) is 5.92 Å². The van der Waals surface area contributed by atoms with Gasteiger partial charge in [0.25, 0.3) is 11.6 Å². The minimum absolute atomic E-state index is 0.0675. The molecule has 0 fully saturated rings. The molecule has 45 heavy (non-hydrogen) atoms. The molecule has 0 aliphatic heterocycles. The van der Waals surface area contributed by atoms with Gasteiger partial charge in [-0.2, -0.15) is 0 Å². The number of hydrogen-bond donors (Lipinski definition) is 0. The lowest BCUT2D eigenvalue weighted by atomic mass is 9.99. The van der Waals surface area contributed by atoms with E-state index in [1.54, 1.807) is 24.3 Å². The Labute approximate surface area is 260 Å². The molecule has 3 aromatic rings. The maximum atomic E-state index is 13.0. The van der Waals surface area contributed by atoms with Gasteiger partial charge in [-0.3, -0.25) is 9.59 Å². The molecule has 238 valence electrons. The Morgan fingerprint density at radius 3 is 1.56 bits per heavy atom. The number of carbonyl (C=O) groups is 6. The molecule has 0 aliphatic rings. The number of fused-ring (bicyclic) bond motifs is 3. The third kappa shape index (κ3) is 8.98. The molecular formula is C34H37NO10. The predicted molar refractivity (Wildman–Crippen MR) is 166 cm³/mol. The van der Waals surface area contributed by atoms with Gasteiger partial charge in [0.15, 0.2) is 0 Å². The average molecular weight is 620 g/mol. The first-order valence-electron chi connectivity index (χ1n) is 14.7. The Balaban J connectivity index is 1.94. The van der Waals surface area contributed by atoms with E-state index in [2.05, 4.69) is 31.6 Å². The zero-order valence-corrected chi connectivity index (χ0v) is 25.5. The highest BCUT2D eigenvalue weighted by Crippen LogP contribution is 2.33. The van der Waals surface area contributed by atoms with Crippen molar-refractivity contribution >= 4 is 57.2 Å². The maximum Gasteiger partial charge on any atom is 0.379 e. The largest absolute Gasteiger partial charge is 0.459 e. The lowest BCUT2D eigenvalue weighted by Crippen LogP contribution is -2.20. The zero-order valence-electron chi connectivity index (χ0n) is 25.5. The normalized spacial score (nSPS) is 11.4. The number of aromatic nitrogens is 1. The number of esters is 4. The standard InChI is InChI=1S/C34H37NO10/c1-5-9-10-22(6-2)21-35-27-13-11-23(31(38)33(40)44-17-15-42-29(36)7-3)19-25(27)26-20-24(12-14-28(26)35)32(39)34(41)45-18-16-43-30(37)8-4/h7-8,11-14,19-20,22H,3-6,9-10,15-18,21H2,1-2H3. The Morgan fingerprint density at radius 1 is 0.711 bits per heavy atom. The van der Waals surface area contributed by atoms with E-state index in [0.717, 1.165) is 48.9 Å². The molecule has 0 bridgehead atoms. The van der Waals surface area contributed by atoms with Crippen LogP contribution in [-0.2, 0) is 44.7 Å². The lowest BCUT2D eigenvalue weighted by Gasteiger charge is -2.17. The smallest absolute Gasteiger partial charge is 0.379 e. The van der Waals surface area contributed by atoms with Crippen LogP contribution in [0.4, 0.5) is 0 Å². The minimum Gasteiger partial charge on any atom is -0.459 e. The van der Waals surface area contributed by atoms with Gasteiger partial charge >= 0.3 is 23.9 Å². The maximum absolute atomic E-state index is 13.0. The van der Waals surface area contributed by atoms with E-state index in [1.807, 2.05) is 0 Å². The summed E-state index contributed by atoms with van der Waals surface area (Å²) in [5.41, 5.74) is 1.71. The van der Waals surface area contributed by atoms with Crippen LogP contribution >= 0.6 is 0 Å². The first-order valence-corrected chi connectivity index (χ1v) is 14.7. The van der Waals surface area contributed by atoms with Gasteiger partial charge in [-0.1, -0.05) is 46.3 Å². The summed E-state index contributed by atoms with van der Waals surface area (Å²) in [6.45, 7) is 10.4. The average Bonchev–Trinajstić information content (AvgIpc) is 3.37. The Kier molecular flexibility index (Phi) is 12.8. The molecule has 3 rings (SSSR count). The Morgan fingerprint density at radius 2 is 1.16 bits per heavy atom. The van der Waals surface area contributed by atoms with Crippen molar-refractivity contribution in [2.75, 3.05) is 26.4 Å². The number of carbonyl (C=O) groups excluding carboxylic acids is 6. The number of rotatable bonds is 18. The van der Waals surface area contributed by atoms with Crippen LogP contribution in [0.15, 0.2) is 61.7 Å². The van der Waals surface area contributed by atoms with Crippen LogP contribution in [-0.4, -0.2) is 66.4 Å². The van der Waals surface area contributed by atoms with Crippen LogP contribution in [0.5, 0.6) is 0 Å². The SMILES string of the molecule is C=CC(=O)OCCOC(=O)C(=O)c1ccc2c(c1)c1cc(C(=O)C(=O)OCCOC(=O)C=C)ccc1n2CC(CC)CCCC. The Bertz CT molecular complexity index is 1510. The summed E-state index contributed by atoms with van der Waals surface area (Å²) in [5, 5.41) is 1.21. The number of ketones is 2. The molecule has 1 atom stereocenters. The molecule has 2 aromatic carbocycles. The van der Waals surface area contributed by atoms with Crippen molar-refractivity contribution in [1.82, 2.24) is 4.57 Å². The first-order chi connectivity index (χ1) is 21.6. The van der Waals surface area contributed by atoms with Crippen molar-refractivity contribution in [2.45, 2.75) is 46.1 Å². The topological polar surface area (TPSA) is 144 Å². The molecule has 0 saturated carbocycles. The minimum atomic E-state index is -1.12. The third-order valence-corrected chi connectivity index (χ3v) is 7.20. The van der Waals surface area contributed by atoms with Crippen molar-refractivity contribution in [3.05, 3.63) is 72.8 Å². The summed E-state index contributed by atoms with van der Waals surface area (Å²) in [5.74, 6) is -5.00. The van der Waals surface area contributed by atoms with E-state index in [4.69, 9.17) is 18.9 Å². The number of benzene rings is 2.